The van der Waals surface area contributed by atoms with E-state index in [1.165, 1.54) is 0 Å². The highest BCUT2D eigenvalue weighted by molar-refractivity contribution is 9.10. The number of thioether (sulfide) groups is 1. The van der Waals surface area contributed by atoms with E-state index in [1.807, 2.05) is 24.3 Å². The Labute approximate surface area is 108 Å². The van der Waals surface area contributed by atoms with Crippen LogP contribution in [0.1, 0.15) is 18.1 Å². The summed E-state index contributed by atoms with van der Waals surface area (Å²) in [5, 5.41) is 10.2. The van der Waals surface area contributed by atoms with E-state index < -0.39 is 6.10 Å². The molecule has 0 aliphatic carbocycles. The predicted molar refractivity (Wildman–Crippen MR) is 69.5 cm³/mol. The molecule has 1 heterocycles. The van der Waals surface area contributed by atoms with Gasteiger partial charge in [-0.05, 0) is 17.7 Å². The third kappa shape index (κ3) is 2.67. The fourth-order valence-electron chi connectivity index (χ4n) is 1.85. The van der Waals surface area contributed by atoms with E-state index in [9.17, 15) is 9.90 Å². The monoisotopic (exact) mass is 300 g/mol. The molecule has 0 bridgehead atoms. The number of Topliss-reactive ketones (excluding diaryl/α,β-unsaturated/α-hetero) is 1. The molecule has 1 aromatic rings. The highest BCUT2D eigenvalue weighted by atomic mass is 79.9. The highest BCUT2D eigenvalue weighted by Gasteiger charge is 2.30. The van der Waals surface area contributed by atoms with Crippen LogP contribution in [0.25, 0.3) is 0 Å². The fraction of sp³-hybridized carbons (Fsp3) is 0.417. The molecule has 2 rings (SSSR count). The third-order valence-electron chi connectivity index (χ3n) is 2.78. The van der Waals surface area contributed by atoms with Crippen molar-refractivity contribution in [1.82, 2.24) is 0 Å². The third-order valence-corrected chi connectivity index (χ3v) is 4.36. The van der Waals surface area contributed by atoms with Crippen LogP contribution < -0.4 is 0 Å². The summed E-state index contributed by atoms with van der Waals surface area (Å²) in [6, 6.07) is 7.52. The second-order valence-corrected chi connectivity index (χ2v) is 5.96. The van der Waals surface area contributed by atoms with Crippen molar-refractivity contribution in [2.24, 2.45) is 5.92 Å². The summed E-state index contributed by atoms with van der Waals surface area (Å²) in [5.74, 6) is 1.56. The van der Waals surface area contributed by atoms with Crippen molar-refractivity contribution < 1.29 is 9.90 Å². The molecule has 1 aliphatic rings. The molecule has 1 fully saturated rings. The van der Waals surface area contributed by atoms with Crippen molar-refractivity contribution in [2.45, 2.75) is 12.5 Å². The normalized spacial score (nSPS) is 23.1. The van der Waals surface area contributed by atoms with E-state index in [1.54, 1.807) is 11.8 Å². The van der Waals surface area contributed by atoms with Crippen LogP contribution in [0.5, 0.6) is 0 Å². The Morgan fingerprint density at radius 3 is 3.00 bits per heavy atom. The second kappa shape index (κ2) is 5.34. The largest absolute Gasteiger partial charge is 0.388 e. The van der Waals surface area contributed by atoms with Gasteiger partial charge in [0.15, 0.2) is 0 Å². The minimum Gasteiger partial charge on any atom is -0.388 e. The number of rotatable bonds is 2. The summed E-state index contributed by atoms with van der Waals surface area (Å²) in [4.78, 5) is 11.7. The molecule has 86 valence electrons. The number of ketones is 1. The Hall–Kier alpha value is -0.320. The topological polar surface area (TPSA) is 37.3 Å². The maximum Gasteiger partial charge on any atom is 0.140 e. The summed E-state index contributed by atoms with van der Waals surface area (Å²) in [6.07, 6.45) is -0.0850. The highest BCUT2D eigenvalue weighted by Crippen LogP contribution is 2.31. The van der Waals surface area contributed by atoms with Crippen molar-refractivity contribution in [3.63, 3.8) is 0 Å². The number of aliphatic hydroxyl groups is 1. The molecular weight excluding hydrogens is 288 g/mol. The van der Waals surface area contributed by atoms with Gasteiger partial charge in [-0.2, -0.15) is 11.8 Å². The number of aliphatic hydroxyl groups excluding tert-OH is 1. The van der Waals surface area contributed by atoms with Gasteiger partial charge in [0, 0.05) is 22.4 Å². The number of hydrogen-bond donors (Lipinski definition) is 1. The van der Waals surface area contributed by atoms with E-state index in [0.717, 1.165) is 21.5 Å². The molecule has 1 aliphatic heterocycles. The first kappa shape index (κ1) is 12.1. The van der Waals surface area contributed by atoms with Gasteiger partial charge in [-0.25, -0.2) is 0 Å². The molecule has 16 heavy (non-hydrogen) atoms. The number of carbonyl (C=O) groups is 1. The van der Waals surface area contributed by atoms with Gasteiger partial charge in [-0.1, -0.05) is 28.1 Å². The second-order valence-electron chi connectivity index (χ2n) is 3.90. The maximum absolute atomic E-state index is 11.7. The first-order chi connectivity index (χ1) is 7.68. The van der Waals surface area contributed by atoms with Crippen LogP contribution in [0, 0.1) is 5.92 Å². The summed E-state index contributed by atoms with van der Waals surface area (Å²) in [5.41, 5.74) is 0.815. The minimum atomic E-state index is -0.669. The van der Waals surface area contributed by atoms with Crippen molar-refractivity contribution in [2.75, 3.05) is 11.5 Å². The Morgan fingerprint density at radius 1 is 1.50 bits per heavy atom. The quantitative estimate of drug-likeness (QED) is 0.912. The molecular formula is C12H13BrO2S. The Morgan fingerprint density at radius 2 is 2.31 bits per heavy atom. The zero-order valence-corrected chi connectivity index (χ0v) is 11.1. The zero-order valence-electron chi connectivity index (χ0n) is 8.73. The minimum absolute atomic E-state index is 0.186. The van der Waals surface area contributed by atoms with Gasteiger partial charge >= 0.3 is 0 Å². The van der Waals surface area contributed by atoms with E-state index in [2.05, 4.69) is 15.9 Å². The molecule has 0 unspecified atom stereocenters. The van der Waals surface area contributed by atoms with Crippen LogP contribution in [-0.2, 0) is 4.79 Å². The SMILES string of the molecule is O=C1CCSC[C@H]1[C@@H](O)c1cccc(Br)c1. The predicted octanol–water partition coefficient (Wildman–Crippen LogP) is 2.80. The average molecular weight is 301 g/mol. The average Bonchev–Trinajstić information content (AvgIpc) is 2.29. The molecule has 0 aromatic heterocycles. The van der Waals surface area contributed by atoms with Gasteiger partial charge in [0.1, 0.15) is 5.78 Å². The molecule has 0 radical (unpaired) electrons. The van der Waals surface area contributed by atoms with Crippen LogP contribution in [-0.4, -0.2) is 22.4 Å². The number of benzene rings is 1. The van der Waals surface area contributed by atoms with Crippen molar-refractivity contribution in [3.8, 4) is 0 Å². The molecule has 1 N–H and O–H groups in total. The van der Waals surface area contributed by atoms with Gasteiger partial charge in [0.2, 0.25) is 0 Å². The Bertz CT molecular complexity index is 394. The van der Waals surface area contributed by atoms with E-state index in [0.29, 0.717) is 6.42 Å². The van der Waals surface area contributed by atoms with E-state index in [4.69, 9.17) is 0 Å². The van der Waals surface area contributed by atoms with Gasteiger partial charge in [0.25, 0.3) is 0 Å². The lowest BCUT2D eigenvalue weighted by Gasteiger charge is -2.25. The zero-order chi connectivity index (χ0) is 11.5. The summed E-state index contributed by atoms with van der Waals surface area (Å²) in [7, 11) is 0. The van der Waals surface area contributed by atoms with Crippen LogP contribution in [0.3, 0.4) is 0 Å². The van der Waals surface area contributed by atoms with Gasteiger partial charge in [-0.3, -0.25) is 4.79 Å². The standard InChI is InChI=1S/C12H13BrO2S/c13-9-3-1-2-8(6-9)12(15)10-7-16-5-4-11(10)14/h1-3,6,10,12,15H,4-5,7H2/t10-,12+/m1/s1. The lowest BCUT2D eigenvalue weighted by atomic mass is 9.92. The molecule has 1 aromatic carbocycles. The van der Waals surface area contributed by atoms with Gasteiger partial charge in [-0.15, -0.1) is 0 Å². The Balaban J connectivity index is 2.17. The van der Waals surface area contributed by atoms with Gasteiger partial charge in [0.05, 0.1) is 12.0 Å². The lowest BCUT2D eigenvalue weighted by molar-refractivity contribution is -0.125. The lowest BCUT2D eigenvalue weighted by Crippen LogP contribution is -2.28. The van der Waals surface area contributed by atoms with E-state index in [-0.39, 0.29) is 11.7 Å². The fourth-order valence-corrected chi connectivity index (χ4v) is 3.40. The first-order valence-corrected chi connectivity index (χ1v) is 7.17. The molecule has 2 nitrogen and oxygen atoms in total. The molecule has 0 amide bonds. The number of carbonyl (C=O) groups excluding carboxylic acids is 1. The van der Waals surface area contributed by atoms with Crippen molar-refractivity contribution >= 4 is 33.5 Å². The van der Waals surface area contributed by atoms with Crippen LogP contribution in [0.15, 0.2) is 28.7 Å². The first-order valence-electron chi connectivity index (χ1n) is 5.22. The van der Waals surface area contributed by atoms with Crippen LogP contribution >= 0.6 is 27.7 Å². The molecule has 2 atom stereocenters. The van der Waals surface area contributed by atoms with Crippen molar-refractivity contribution in [3.05, 3.63) is 34.3 Å². The summed E-state index contributed by atoms with van der Waals surface area (Å²) >= 11 is 5.11. The van der Waals surface area contributed by atoms with E-state index >= 15 is 0 Å². The smallest absolute Gasteiger partial charge is 0.140 e. The van der Waals surface area contributed by atoms with Crippen LogP contribution in [0.2, 0.25) is 0 Å². The number of hydrogen-bond acceptors (Lipinski definition) is 3. The number of halogens is 1. The maximum atomic E-state index is 11.7. The molecule has 0 spiro atoms. The summed E-state index contributed by atoms with van der Waals surface area (Å²) < 4.78 is 0.931. The summed E-state index contributed by atoms with van der Waals surface area (Å²) in [6.45, 7) is 0. The molecule has 1 saturated heterocycles. The molecule has 4 heteroatoms. The van der Waals surface area contributed by atoms with Crippen molar-refractivity contribution in [1.29, 1.82) is 0 Å². The van der Waals surface area contributed by atoms with Gasteiger partial charge < -0.3 is 5.11 Å². The molecule has 0 saturated carbocycles. The Kier molecular flexibility index (Phi) is 4.05. The van der Waals surface area contributed by atoms with Crippen LogP contribution in [0.4, 0.5) is 0 Å².